The molecule has 146 valence electrons. The van der Waals surface area contributed by atoms with E-state index in [4.69, 9.17) is 4.52 Å². The van der Waals surface area contributed by atoms with E-state index in [1.807, 2.05) is 31.2 Å². The summed E-state index contributed by atoms with van der Waals surface area (Å²) in [6, 6.07) is 7.63. The van der Waals surface area contributed by atoms with Crippen molar-refractivity contribution in [2.45, 2.75) is 32.6 Å². The van der Waals surface area contributed by atoms with E-state index in [2.05, 4.69) is 15.5 Å². The molecule has 3 rings (SSSR count). The zero-order chi connectivity index (χ0) is 19.3. The molecule has 2 aromatic rings. The van der Waals surface area contributed by atoms with Crippen LogP contribution in [0.4, 0.5) is 0 Å². The number of carbonyl (C=O) groups is 1. The van der Waals surface area contributed by atoms with E-state index < -0.39 is 10.0 Å². The van der Waals surface area contributed by atoms with Crippen LogP contribution in [0.15, 0.2) is 28.8 Å². The van der Waals surface area contributed by atoms with E-state index in [0.717, 1.165) is 30.4 Å². The van der Waals surface area contributed by atoms with Gasteiger partial charge in [-0.1, -0.05) is 35.8 Å². The third-order valence-electron chi connectivity index (χ3n) is 4.56. The number of rotatable bonds is 7. The molecule has 1 aliphatic heterocycles. The van der Waals surface area contributed by atoms with Crippen molar-refractivity contribution < 1.29 is 17.7 Å². The van der Waals surface area contributed by atoms with Crippen LogP contribution < -0.4 is 5.32 Å². The number of amides is 1. The van der Waals surface area contributed by atoms with Crippen molar-refractivity contribution in [3.63, 3.8) is 0 Å². The molecule has 1 fully saturated rings. The number of nitrogens with one attached hydrogen (secondary N) is 1. The summed E-state index contributed by atoms with van der Waals surface area (Å²) in [5.41, 5.74) is 1.86. The first-order chi connectivity index (χ1) is 13.0. The molecule has 8 nitrogen and oxygen atoms in total. The summed E-state index contributed by atoms with van der Waals surface area (Å²) in [4.78, 5) is 16.3. The van der Waals surface area contributed by atoms with E-state index in [1.165, 1.54) is 4.31 Å². The molecule has 1 N–H and O–H groups in total. The molecule has 0 unspecified atom stereocenters. The first-order valence-electron chi connectivity index (χ1n) is 9.09. The van der Waals surface area contributed by atoms with Crippen LogP contribution in [0.5, 0.6) is 0 Å². The lowest BCUT2D eigenvalue weighted by atomic mass is 10.1. The van der Waals surface area contributed by atoms with Crippen LogP contribution in [0.3, 0.4) is 0 Å². The van der Waals surface area contributed by atoms with Gasteiger partial charge in [-0.15, -0.1) is 0 Å². The zero-order valence-electron chi connectivity index (χ0n) is 15.3. The molecular formula is C18H24N4O4S. The lowest BCUT2D eigenvalue weighted by Gasteiger charge is -2.25. The Hall–Kier alpha value is -2.26. The van der Waals surface area contributed by atoms with Crippen molar-refractivity contribution in [1.82, 2.24) is 19.8 Å². The standard InChI is InChI=1S/C18H24N4O4S/c1-14-7-3-4-8-15(14)18-20-17(26-21-18)13-16(23)19-9-12-27(24,25)22-10-5-2-6-11-22/h3-4,7-8H,2,5-6,9-13H2,1H3,(H,19,23). The maximum Gasteiger partial charge on any atom is 0.236 e. The van der Waals surface area contributed by atoms with Gasteiger partial charge in [0, 0.05) is 25.2 Å². The lowest BCUT2D eigenvalue weighted by molar-refractivity contribution is -0.120. The summed E-state index contributed by atoms with van der Waals surface area (Å²) in [5.74, 6) is 0.189. The van der Waals surface area contributed by atoms with Crippen LogP contribution in [0, 0.1) is 6.92 Å². The van der Waals surface area contributed by atoms with E-state index in [9.17, 15) is 13.2 Å². The van der Waals surface area contributed by atoms with Crippen molar-refractivity contribution >= 4 is 15.9 Å². The minimum absolute atomic E-state index is 0.0659. The van der Waals surface area contributed by atoms with E-state index in [1.54, 1.807) is 0 Å². The van der Waals surface area contributed by atoms with Gasteiger partial charge in [-0.2, -0.15) is 4.98 Å². The Morgan fingerprint density at radius 2 is 1.96 bits per heavy atom. The number of carbonyl (C=O) groups excluding carboxylic acids is 1. The highest BCUT2D eigenvalue weighted by molar-refractivity contribution is 7.89. The Morgan fingerprint density at radius 3 is 2.70 bits per heavy atom. The molecule has 1 aromatic heterocycles. The number of aromatic nitrogens is 2. The van der Waals surface area contributed by atoms with Gasteiger partial charge in [0.15, 0.2) is 0 Å². The van der Waals surface area contributed by atoms with Crippen molar-refractivity contribution in [3.8, 4) is 11.4 Å². The average Bonchev–Trinajstić information content (AvgIpc) is 3.11. The third-order valence-corrected chi connectivity index (χ3v) is 6.43. The minimum atomic E-state index is -3.32. The van der Waals surface area contributed by atoms with Crippen molar-refractivity contribution in [2.24, 2.45) is 0 Å². The van der Waals surface area contributed by atoms with Crippen molar-refractivity contribution in [1.29, 1.82) is 0 Å². The largest absolute Gasteiger partial charge is 0.355 e. The number of aryl methyl sites for hydroxylation is 1. The highest BCUT2D eigenvalue weighted by Gasteiger charge is 2.23. The molecular weight excluding hydrogens is 368 g/mol. The van der Waals surface area contributed by atoms with Gasteiger partial charge in [0.25, 0.3) is 0 Å². The van der Waals surface area contributed by atoms with Gasteiger partial charge in [0.2, 0.25) is 27.6 Å². The summed E-state index contributed by atoms with van der Waals surface area (Å²) in [6.07, 6.45) is 2.78. The third kappa shape index (κ3) is 5.14. The molecule has 2 heterocycles. The number of sulfonamides is 1. The number of piperidine rings is 1. The Balaban J connectivity index is 1.49. The molecule has 0 radical (unpaired) electrons. The molecule has 27 heavy (non-hydrogen) atoms. The number of hydrogen-bond donors (Lipinski definition) is 1. The summed E-state index contributed by atoms with van der Waals surface area (Å²) in [7, 11) is -3.32. The predicted octanol–water partition coefficient (Wildman–Crippen LogP) is 1.52. The smallest absolute Gasteiger partial charge is 0.236 e. The van der Waals surface area contributed by atoms with Gasteiger partial charge in [0.1, 0.15) is 6.42 Å². The fraction of sp³-hybridized carbons (Fsp3) is 0.500. The van der Waals surface area contributed by atoms with Gasteiger partial charge in [-0.3, -0.25) is 4.79 Å². The van der Waals surface area contributed by atoms with Crippen molar-refractivity contribution in [2.75, 3.05) is 25.4 Å². The van der Waals surface area contributed by atoms with Crippen LogP contribution >= 0.6 is 0 Å². The van der Waals surface area contributed by atoms with E-state index in [-0.39, 0.29) is 30.5 Å². The zero-order valence-corrected chi connectivity index (χ0v) is 16.2. The molecule has 0 saturated carbocycles. The molecule has 0 bridgehead atoms. The van der Waals surface area contributed by atoms with Crippen molar-refractivity contribution in [3.05, 3.63) is 35.7 Å². The lowest BCUT2D eigenvalue weighted by Crippen LogP contribution is -2.40. The molecule has 0 spiro atoms. The molecule has 0 atom stereocenters. The summed E-state index contributed by atoms with van der Waals surface area (Å²) >= 11 is 0. The molecule has 0 aliphatic carbocycles. The quantitative estimate of drug-likeness (QED) is 0.766. The first-order valence-corrected chi connectivity index (χ1v) is 10.7. The number of nitrogens with zero attached hydrogens (tertiary/aromatic N) is 3. The molecule has 9 heteroatoms. The SMILES string of the molecule is Cc1ccccc1-c1noc(CC(=O)NCCS(=O)(=O)N2CCCCC2)n1. The van der Waals surface area contributed by atoms with E-state index in [0.29, 0.717) is 18.9 Å². The first kappa shape index (κ1) is 19.5. The monoisotopic (exact) mass is 392 g/mol. The average molecular weight is 392 g/mol. The minimum Gasteiger partial charge on any atom is -0.355 e. The summed E-state index contributed by atoms with van der Waals surface area (Å²) in [5, 5.41) is 6.53. The maximum atomic E-state index is 12.3. The van der Waals surface area contributed by atoms with Gasteiger partial charge < -0.3 is 9.84 Å². The topological polar surface area (TPSA) is 105 Å². The van der Waals surface area contributed by atoms with Gasteiger partial charge in [-0.25, -0.2) is 12.7 Å². The molecule has 1 amide bonds. The fourth-order valence-electron chi connectivity index (χ4n) is 3.05. The summed E-state index contributed by atoms with van der Waals surface area (Å²) < 4.78 is 31.2. The molecule has 1 saturated heterocycles. The number of benzene rings is 1. The van der Waals surface area contributed by atoms with E-state index >= 15 is 0 Å². The molecule has 1 aliphatic rings. The maximum absolute atomic E-state index is 12.3. The highest BCUT2D eigenvalue weighted by Crippen LogP contribution is 2.19. The van der Waals surface area contributed by atoms with Gasteiger partial charge >= 0.3 is 0 Å². The van der Waals surface area contributed by atoms with Crippen LogP contribution in [-0.2, 0) is 21.2 Å². The number of hydrogen-bond acceptors (Lipinski definition) is 6. The fourth-order valence-corrected chi connectivity index (χ4v) is 4.48. The Kier molecular flexibility index (Phi) is 6.22. The Labute approximate surface area is 159 Å². The molecule has 1 aromatic carbocycles. The van der Waals surface area contributed by atoms with Gasteiger partial charge in [0.05, 0.1) is 5.75 Å². The van der Waals surface area contributed by atoms with Crippen LogP contribution in [0.1, 0.15) is 30.7 Å². The summed E-state index contributed by atoms with van der Waals surface area (Å²) in [6.45, 7) is 3.15. The predicted molar refractivity (Wildman–Crippen MR) is 100 cm³/mol. The second-order valence-electron chi connectivity index (χ2n) is 6.63. The second-order valence-corrected chi connectivity index (χ2v) is 8.72. The second kappa shape index (κ2) is 8.62. The highest BCUT2D eigenvalue weighted by atomic mass is 32.2. The normalized spacial score (nSPS) is 15.6. The Bertz CT molecular complexity index is 888. The van der Waals surface area contributed by atoms with Crippen LogP contribution in [0.2, 0.25) is 0 Å². The Morgan fingerprint density at radius 1 is 1.22 bits per heavy atom. The van der Waals surface area contributed by atoms with Crippen LogP contribution in [0.25, 0.3) is 11.4 Å². The van der Waals surface area contributed by atoms with Gasteiger partial charge in [-0.05, 0) is 25.3 Å². The van der Waals surface area contributed by atoms with Crippen LogP contribution in [-0.4, -0.2) is 54.2 Å².